The summed E-state index contributed by atoms with van der Waals surface area (Å²) in [4.78, 5) is 15.2. The highest BCUT2D eigenvalue weighted by Gasteiger charge is 2.10. The number of aromatic nitrogens is 2. The van der Waals surface area contributed by atoms with Gasteiger partial charge < -0.3 is 4.57 Å². The molecule has 0 fully saturated rings. The van der Waals surface area contributed by atoms with Crippen molar-refractivity contribution in [1.82, 2.24) is 9.55 Å². The van der Waals surface area contributed by atoms with Gasteiger partial charge in [-0.25, -0.2) is 4.39 Å². The molecule has 0 aliphatic heterocycles. The summed E-state index contributed by atoms with van der Waals surface area (Å²) < 4.78 is 15.5. The van der Waals surface area contributed by atoms with E-state index in [1.54, 1.807) is 36.7 Å². The maximum Gasteiger partial charge on any atom is 0.153 e. The van der Waals surface area contributed by atoms with Gasteiger partial charge >= 0.3 is 0 Å². The third kappa shape index (κ3) is 2.01. The van der Waals surface area contributed by atoms with Crippen LogP contribution < -0.4 is 0 Å². The molecule has 0 bridgehead atoms. The highest BCUT2D eigenvalue weighted by Crippen LogP contribution is 2.19. The average molecular weight is 254 g/mol. The molecule has 0 aliphatic carbocycles. The van der Waals surface area contributed by atoms with Crippen molar-refractivity contribution in [2.45, 2.75) is 6.54 Å². The zero-order chi connectivity index (χ0) is 13.2. The summed E-state index contributed by atoms with van der Waals surface area (Å²) in [6.45, 7) is 0.378. The van der Waals surface area contributed by atoms with Gasteiger partial charge in [0.15, 0.2) is 6.29 Å². The molecule has 0 spiro atoms. The van der Waals surface area contributed by atoms with Crippen molar-refractivity contribution in [2.24, 2.45) is 0 Å². The molecule has 0 saturated heterocycles. The predicted molar refractivity (Wildman–Crippen MR) is 70.6 cm³/mol. The zero-order valence-electron chi connectivity index (χ0n) is 10.1. The van der Waals surface area contributed by atoms with Crippen molar-refractivity contribution in [3.8, 4) is 0 Å². The van der Waals surface area contributed by atoms with Crippen molar-refractivity contribution in [1.29, 1.82) is 0 Å². The van der Waals surface area contributed by atoms with Gasteiger partial charge in [-0.15, -0.1) is 0 Å². The second kappa shape index (κ2) is 4.65. The van der Waals surface area contributed by atoms with Gasteiger partial charge in [0.25, 0.3) is 0 Å². The Kier molecular flexibility index (Phi) is 2.83. The van der Waals surface area contributed by atoms with Crippen molar-refractivity contribution < 1.29 is 9.18 Å². The van der Waals surface area contributed by atoms with Gasteiger partial charge in [0.2, 0.25) is 0 Å². The molecule has 94 valence electrons. The van der Waals surface area contributed by atoms with E-state index in [1.165, 1.54) is 6.07 Å². The Morgan fingerprint density at radius 2 is 2.05 bits per heavy atom. The lowest BCUT2D eigenvalue weighted by molar-refractivity contribution is 0.112. The molecule has 0 N–H and O–H groups in total. The summed E-state index contributed by atoms with van der Waals surface area (Å²) in [7, 11) is 0. The predicted octanol–water partition coefficient (Wildman–Crippen LogP) is 3.04. The molecule has 3 nitrogen and oxygen atoms in total. The second-order valence-electron chi connectivity index (χ2n) is 4.29. The number of benzene rings is 1. The first-order valence-electron chi connectivity index (χ1n) is 5.92. The molecule has 3 aromatic rings. The van der Waals surface area contributed by atoms with Crippen LogP contribution in [0.15, 0.2) is 48.8 Å². The minimum Gasteiger partial charge on any atom is -0.341 e. The number of pyridine rings is 1. The number of nitrogens with zero attached hydrogens (tertiary/aromatic N) is 2. The summed E-state index contributed by atoms with van der Waals surface area (Å²) in [5, 5.41) is 0. The summed E-state index contributed by atoms with van der Waals surface area (Å²) in [6.07, 6.45) is 4.12. The summed E-state index contributed by atoms with van der Waals surface area (Å²) in [5.41, 5.74) is 2.58. The molecule has 2 aromatic heterocycles. The van der Waals surface area contributed by atoms with Gasteiger partial charge in [-0.3, -0.25) is 9.78 Å². The quantitative estimate of drug-likeness (QED) is 0.673. The van der Waals surface area contributed by atoms with Crippen LogP contribution in [-0.4, -0.2) is 15.8 Å². The molecule has 3 rings (SSSR count). The number of halogens is 1. The van der Waals surface area contributed by atoms with Crippen molar-refractivity contribution in [3.05, 3.63) is 65.7 Å². The van der Waals surface area contributed by atoms with Gasteiger partial charge in [-0.2, -0.15) is 0 Å². The smallest absolute Gasteiger partial charge is 0.153 e. The van der Waals surface area contributed by atoms with E-state index in [2.05, 4.69) is 4.98 Å². The van der Waals surface area contributed by atoms with E-state index in [1.807, 2.05) is 10.6 Å². The molecular formula is C15H11FN2O. The Labute approximate surface area is 109 Å². The van der Waals surface area contributed by atoms with E-state index < -0.39 is 0 Å². The van der Waals surface area contributed by atoms with Crippen LogP contribution in [0.4, 0.5) is 4.39 Å². The van der Waals surface area contributed by atoms with E-state index in [-0.39, 0.29) is 5.82 Å². The fraction of sp³-hybridized carbons (Fsp3) is 0.0667. The van der Waals surface area contributed by atoms with Crippen LogP contribution in [0.5, 0.6) is 0 Å². The molecule has 0 radical (unpaired) electrons. The van der Waals surface area contributed by atoms with Crippen LogP contribution in [0.1, 0.15) is 15.9 Å². The van der Waals surface area contributed by atoms with E-state index >= 15 is 0 Å². The third-order valence-electron chi connectivity index (χ3n) is 3.09. The Morgan fingerprint density at radius 3 is 2.84 bits per heavy atom. The molecule has 0 saturated carbocycles. The van der Waals surface area contributed by atoms with E-state index in [9.17, 15) is 9.18 Å². The number of hydrogen-bond donors (Lipinski definition) is 0. The number of carbonyl (C=O) groups is 1. The summed E-state index contributed by atoms with van der Waals surface area (Å²) in [6, 6.07) is 10.3. The van der Waals surface area contributed by atoms with Crippen molar-refractivity contribution in [3.63, 3.8) is 0 Å². The Balaban J connectivity index is 2.11. The van der Waals surface area contributed by atoms with Crippen LogP contribution >= 0.6 is 0 Å². The largest absolute Gasteiger partial charge is 0.341 e. The number of aldehydes is 1. The number of hydrogen-bond acceptors (Lipinski definition) is 2. The van der Waals surface area contributed by atoms with E-state index in [0.717, 1.165) is 11.8 Å². The average Bonchev–Trinajstić information content (AvgIpc) is 2.80. The Hall–Kier alpha value is -2.49. The summed E-state index contributed by atoms with van der Waals surface area (Å²) >= 11 is 0. The molecule has 0 unspecified atom stereocenters. The monoisotopic (exact) mass is 254 g/mol. The van der Waals surface area contributed by atoms with Crippen LogP contribution in [0, 0.1) is 5.82 Å². The number of fused-ring (bicyclic) bond motifs is 1. The SMILES string of the molecule is O=Cc1cn(Cc2ccccc2F)c2cccnc12. The van der Waals surface area contributed by atoms with Crippen LogP contribution in [0.25, 0.3) is 11.0 Å². The first kappa shape index (κ1) is 11.6. The van der Waals surface area contributed by atoms with Gasteiger partial charge in [0, 0.05) is 18.0 Å². The summed E-state index contributed by atoms with van der Waals surface area (Å²) in [5.74, 6) is -0.249. The fourth-order valence-electron chi connectivity index (χ4n) is 2.18. The lowest BCUT2D eigenvalue weighted by atomic mass is 10.2. The number of rotatable bonds is 3. The van der Waals surface area contributed by atoms with Crippen molar-refractivity contribution in [2.75, 3.05) is 0 Å². The van der Waals surface area contributed by atoms with E-state index in [4.69, 9.17) is 0 Å². The highest BCUT2D eigenvalue weighted by atomic mass is 19.1. The zero-order valence-corrected chi connectivity index (χ0v) is 10.1. The minimum atomic E-state index is -0.249. The van der Waals surface area contributed by atoms with Gasteiger partial charge in [-0.1, -0.05) is 18.2 Å². The normalized spacial score (nSPS) is 10.8. The topological polar surface area (TPSA) is 34.9 Å². The highest BCUT2D eigenvalue weighted by molar-refractivity contribution is 5.94. The standard InChI is InChI=1S/C15H11FN2O/c16-13-5-2-1-4-11(13)8-18-9-12(10-19)15-14(18)6-3-7-17-15/h1-7,9-10H,8H2. The first-order chi connectivity index (χ1) is 9.29. The van der Waals surface area contributed by atoms with Crippen LogP contribution in [0.3, 0.4) is 0 Å². The van der Waals surface area contributed by atoms with Crippen LogP contribution in [0.2, 0.25) is 0 Å². The molecule has 19 heavy (non-hydrogen) atoms. The Morgan fingerprint density at radius 1 is 1.21 bits per heavy atom. The maximum atomic E-state index is 13.7. The van der Waals surface area contributed by atoms with Gasteiger partial charge in [0.1, 0.15) is 5.82 Å². The second-order valence-corrected chi connectivity index (χ2v) is 4.29. The third-order valence-corrected chi connectivity index (χ3v) is 3.09. The maximum absolute atomic E-state index is 13.7. The first-order valence-corrected chi connectivity index (χ1v) is 5.92. The molecule has 1 aromatic carbocycles. The molecule has 0 aliphatic rings. The molecule has 2 heterocycles. The van der Waals surface area contributed by atoms with E-state index in [0.29, 0.717) is 23.2 Å². The molecule has 0 amide bonds. The van der Waals surface area contributed by atoms with Gasteiger partial charge in [0.05, 0.1) is 23.1 Å². The molecule has 0 atom stereocenters. The van der Waals surface area contributed by atoms with Crippen molar-refractivity contribution >= 4 is 17.3 Å². The number of carbonyl (C=O) groups excluding carboxylic acids is 1. The lowest BCUT2D eigenvalue weighted by Crippen LogP contribution is -2.00. The fourth-order valence-corrected chi connectivity index (χ4v) is 2.18. The van der Waals surface area contributed by atoms with Crippen LogP contribution in [-0.2, 0) is 6.54 Å². The van der Waals surface area contributed by atoms with Gasteiger partial charge in [-0.05, 0) is 18.2 Å². The molecule has 4 heteroatoms. The minimum absolute atomic E-state index is 0.249. The Bertz CT molecular complexity index is 749. The molecular weight excluding hydrogens is 243 g/mol. The lowest BCUT2D eigenvalue weighted by Gasteiger charge is -2.06.